The molecular formula is C17H28O5. The van der Waals surface area contributed by atoms with Crippen molar-refractivity contribution >= 4 is 0 Å². The van der Waals surface area contributed by atoms with Gasteiger partial charge in [-0.1, -0.05) is 6.08 Å². The van der Waals surface area contributed by atoms with Crippen molar-refractivity contribution in [2.24, 2.45) is 5.92 Å². The van der Waals surface area contributed by atoms with E-state index >= 15 is 0 Å². The van der Waals surface area contributed by atoms with Gasteiger partial charge in [-0.25, -0.2) is 0 Å². The first kappa shape index (κ1) is 16.4. The van der Waals surface area contributed by atoms with Gasteiger partial charge in [0.15, 0.2) is 12.1 Å². The summed E-state index contributed by atoms with van der Waals surface area (Å²) < 4.78 is 30.2. The lowest BCUT2D eigenvalue weighted by molar-refractivity contribution is -0.364. The van der Waals surface area contributed by atoms with E-state index in [0.717, 1.165) is 12.8 Å². The Balaban J connectivity index is 1.85. The highest BCUT2D eigenvalue weighted by Gasteiger charge is 2.59. The van der Waals surface area contributed by atoms with Gasteiger partial charge in [0.2, 0.25) is 0 Å². The van der Waals surface area contributed by atoms with E-state index in [4.69, 9.17) is 23.7 Å². The van der Waals surface area contributed by atoms with E-state index in [1.54, 1.807) is 0 Å². The Kier molecular flexibility index (Phi) is 4.38. The number of rotatable bonds is 4. The highest BCUT2D eigenvalue weighted by atomic mass is 16.8. The average molecular weight is 312 g/mol. The zero-order valence-corrected chi connectivity index (χ0v) is 14.0. The highest BCUT2D eigenvalue weighted by Crippen LogP contribution is 2.48. The van der Waals surface area contributed by atoms with Crippen LogP contribution in [0.4, 0.5) is 0 Å². The zero-order chi connectivity index (χ0) is 16.0. The number of ether oxygens (including phenoxy) is 5. The van der Waals surface area contributed by atoms with Crippen molar-refractivity contribution in [3.05, 3.63) is 12.7 Å². The molecule has 0 amide bonds. The summed E-state index contributed by atoms with van der Waals surface area (Å²) in [6, 6.07) is 0. The van der Waals surface area contributed by atoms with Crippen LogP contribution in [0.3, 0.4) is 0 Å². The molecule has 3 aliphatic heterocycles. The summed E-state index contributed by atoms with van der Waals surface area (Å²) in [6.45, 7) is 13.0. The molecule has 0 bridgehead atoms. The van der Waals surface area contributed by atoms with Gasteiger partial charge in [0, 0.05) is 18.9 Å². The Morgan fingerprint density at radius 1 is 1.23 bits per heavy atom. The van der Waals surface area contributed by atoms with Gasteiger partial charge >= 0.3 is 0 Å². The second-order valence-corrected chi connectivity index (χ2v) is 7.08. The lowest BCUT2D eigenvalue weighted by Crippen LogP contribution is -2.64. The highest BCUT2D eigenvalue weighted by molar-refractivity contribution is 5.06. The van der Waals surface area contributed by atoms with E-state index in [0.29, 0.717) is 13.2 Å². The largest absolute Gasteiger partial charge is 0.366 e. The molecular weight excluding hydrogens is 284 g/mol. The van der Waals surface area contributed by atoms with Gasteiger partial charge in [0.05, 0.1) is 18.3 Å². The van der Waals surface area contributed by atoms with Crippen LogP contribution >= 0.6 is 0 Å². The van der Waals surface area contributed by atoms with Crippen LogP contribution in [-0.2, 0) is 23.7 Å². The molecule has 3 saturated heterocycles. The second-order valence-electron chi connectivity index (χ2n) is 7.08. The van der Waals surface area contributed by atoms with Crippen LogP contribution in [0.2, 0.25) is 0 Å². The predicted octanol–water partition coefficient (Wildman–Crippen LogP) is 2.64. The van der Waals surface area contributed by atoms with Crippen molar-refractivity contribution in [3.63, 3.8) is 0 Å². The van der Waals surface area contributed by atoms with E-state index < -0.39 is 5.79 Å². The SMILES string of the molecule is C=CC[C@@]1(C)O[C@@H]2COC(C)(C)O[C@H]2[C@@H]2OC(OCC)C[C@@H]21. The van der Waals surface area contributed by atoms with Gasteiger partial charge < -0.3 is 23.7 Å². The molecule has 3 heterocycles. The fourth-order valence-corrected chi connectivity index (χ4v) is 3.98. The molecule has 5 heteroatoms. The summed E-state index contributed by atoms with van der Waals surface area (Å²) in [5, 5.41) is 0. The van der Waals surface area contributed by atoms with Crippen LogP contribution in [-0.4, -0.2) is 49.2 Å². The van der Waals surface area contributed by atoms with E-state index in [1.807, 2.05) is 26.8 Å². The van der Waals surface area contributed by atoms with Crippen LogP contribution in [0.25, 0.3) is 0 Å². The van der Waals surface area contributed by atoms with Gasteiger partial charge in [-0.05, 0) is 34.1 Å². The van der Waals surface area contributed by atoms with Gasteiger partial charge in [0.1, 0.15) is 12.2 Å². The average Bonchev–Trinajstić information content (AvgIpc) is 2.86. The van der Waals surface area contributed by atoms with E-state index in [-0.39, 0.29) is 36.1 Å². The third-order valence-corrected chi connectivity index (χ3v) is 4.96. The maximum absolute atomic E-state index is 6.40. The van der Waals surface area contributed by atoms with Gasteiger partial charge in [-0.15, -0.1) is 6.58 Å². The van der Waals surface area contributed by atoms with Crippen molar-refractivity contribution in [2.75, 3.05) is 13.2 Å². The monoisotopic (exact) mass is 312 g/mol. The summed E-state index contributed by atoms with van der Waals surface area (Å²) in [7, 11) is 0. The molecule has 126 valence electrons. The maximum Gasteiger partial charge on any atom is 0.163 e. The number of hydrogen-bond donors (Lipinski definition) is 0. The first-order valence-electron chi connectivity index (χ1n) is 8.26. The summed E-state index contributed by atoms with van der Waals surface area (Å²) >= 11 is 0. The molecule has 3 fully saturated rings. The molecule has 3 aliphatic rings. The van der Waals surface area contributed by atoms with Gasteiger partial charge in [-0.3, -0.25) is 0 Å². The van der Waals surface area contributed by atoms with Crippen molar-refractivity contribution in [1.82, 2.24) is 0 Å². The van der Waals surface area contributed by atoms with Crippen LogP contribution in [0.1, 0.15) is 40.5 Å². The Labute approximate surface area is 132 Å². The normalized spacial score (nSPS) is 46.8. The molecule has 5 nitrogen and oxygen atoms in total. The molecule has 0 saturated carbocycles. The first-order valence-corrected chi connectivity index (χ1v) is 8.26. The lowest BCUT2D eigenvalue weighted by Gasteiger charge is -2.53. The maximum atomic E-state index is 6.40. The summed E-state index contributed by atoms with van der Waals surface area (Å²) in [4.78, 5) is 0. The molecule has 22 heavy (non-hydrogen) atoms. The second kappa shape index (κ2) is 5.87. The number of fused-ring (bicyclic) bond motifs is 3. The molecule has 0 aliphatic carbocycles. The number of hydrogen-bond acceptors (Lipinski definition) is 5. The van der Waals surface area contributed by atoms with Crippen molar-refractivity contribution in [2.45, 2.75) is 76.5 Å². The molecule has 0 aromatic heterocycles. The third-order valence-electron chi connectivity index (χ3n) is 4.96. The van der Waals surface area contributed by atoms with Gasteiger partial charge in [0.25, 0.3) is 0 Å². The zero-order valence-electron chi connectivity index (χ0n) is 14.0. The molecule has 0 aromatic rings. The van der Waals surface area contributed by atoms with E-state index in [9.17, 15) is 0 Å². The fraction of sp³-hybridized carbons (Fsp3) is 0.882. The smallest absolute Gasteiger partial charge is 0.163 e. The molecule has 0 radical (unpaired) electrons. The molecule has 1 unspecified atom stereocenters. The predicted molar refractivity (Wildman–Crippen MR) is 81.4 cm³/mol. The summed E-state index contributed by atoms with van der Waals surface area (Å²) in [5.74, 6) is -0.369. The fourth-order valence-electron chi connectivity index (χ4n) is 3.98. The van der Waals surface area contributed by atoms with Crippen molar-refractivity contribution in [1.29, 1.82) is 0 Å². The standard InChI is InChI=1S/C17H28O5/c1-6-8-17(5)11-9-13(18-7-2)20-14(11)15-12(21-17)10-19-16(3,4)22-15/h6,11-15H,1,7-10H2,2-5H3/t11-,12+,13?,14+,15+,17+/m0/s1. The minimum Gasteiger partial charge on any atom is -0.366 e. The summed E-state index contributed by atoms with van der Waals surface area (Å²) in [6.07, 6.45) is 3.10. The summed E-state index contributed by atoms with van der Waals surface area (Å²) in [5.41, 5.74) is -0.312. The van der Waals surface area contributed by atoms with Crippen LogP contribution < -0.4 is 0 Å². The van der Waals surface area contributed by atoms with E-state index in [2.05, 4.69) is 13.5 Å². The van der Waals surface area contributed by atoms with Crippen LogP contribution in [0, 0.1) is 5.92 Å². The minimum atomic E-state index is -0.603. The quantitative estimate of drug-likeness (QED) is 0.747. The molecule has 0 aromatic carbocycles. The Bertz CT molecular complexity index is 423. The Hall–Kier alpha value is -0.460. The Morgan fingerprint density at radius 2 is 2.00 bits per heavy atom. The molecule has 3 rings (SSSR count). The third kappa shape index (κ3) is 2.85. The van der Waals surface area contributed by atoms with Gasteiger partial charge in [-0.2, -0.15) is 0 Å². The molecule has 0 spiro atoms. The minimum absolute atomic E-state index is 0.0246. The van der Waals surface area contributed by atoms with E-state index in [1.165, 1.54) is 0 Å². The van der Waals surface area contributed by atoms with Crippen LogP contribution in [0.15, 0.2) is 12.7 Å². The molecule has 6 atom stereocenters. The lowest BCUT2D eigenvalue weighted by atomic mass is 9.75. The van der Waals surface area contributed by atoms with Crippen molar-refractivity contribution in [3.8, 4) is 0 Å². The topological polar surface area (TPSA) is 46.2 Å². The van der Waals surface area contributed by atoms with Crippen molar-refractivity contribution < 1.29 is 23.7 Å². The first-order chi connectivity index (χ1) is 10.4. The van der Waals surface area contributed by atoms with Crippen LogP contribution in [0.5, 0.6) is 0 Å². The molecule has 0 N–H and O–H groups in total. The Morgan fingerprint density at radius 3 is 2.68 bits per heavy atom.